The Labute approximate surface area is 202 Å². The van der Waals surface area contributed by atoms with Gasteiger partial charge in [-0.3, -0.25) is 0 Å². The molecular formula is C28H39F2N3O. The van der Waals surface area contributed by atoms with Crippen LogP contribution in [0.25, 0.3) is 0 Å². The van der Waals surface area contributed by atoms with Crippen LogP contribution in [0.4, 0.5) is 14.5 Å². The zero-order chi connectivity index (χ0) is 24.8. The summed E-state index contributed by atoms with van der Waals surface area (Å²) in [5.74, 6) is -1.21. The van der Waals surface area contributed by atoms with Crippen molar-refractivity contribution in [3.63, 3.8) is 0 Å². The van der Waals surface area contributed by atoms with Crippen LogP contribution in [-0.4, -0.2) is 19.1 Å². The first-order valence-corrected chi connectivity index (χ1v) is 12.6. The average Bonchev–Trinajstić information content (AvgIpc) is 2.81. The van der Waals surface area contributed by atoms with Gasteiger partial charge in [-0.2, -0.15) is 4.91 Å². The Balaban J connectivity index is 1.75. The van der Waals surface area contributed by atoms with Crippen molar-refractivity contribution >= 4 is 5.69 Å². The second-order valence-corrected chi connectivity index (χ2v) is 10.6. The van der Waals surface area contributed by atoms with Crippen LogP contribution in [0.5, 0.6) is 0 Å². The Hall–Kier alpha value is -2.34. The molecule has 3 rings (SSSR count). The third-order valence-electron chi connectivity index (χ3n) is 7.05. The maximum atomic E-state index is 14.2. The molecule has 0 amide bonds. The lowest BCUT2D eigenvalue weighted by Gasteiger charge is -2.40. The van der Waals surface area contributed by atoms with Gasteiger partial charge in [-0.1, -0.05) is 69.5 Å². The number of anilines is 1. The Morgan fingerprint density at radius 3 is 2.47 bits per heavy atom. The molecule has 1 aliphatic carbocycles. The van der Waals surface area contributed by atoms with Crippen LogP contribution in [0, 0.1) is 16.5 Å². The molecule has 34 heavy (non-hydrogen) atoms. The van der Waals surface area contributed by atoms with E-state index in [2.05, 4.69) is 60.8 Å². The highest BCUT2D eigenvalue weighted by molar-refractivity contribution is 5.52. The van der Waals surface area contributed by atoms with E-state index in [4.69, 9.17) is 0 Å². The molecule has 6 heteroatoms. The molecule has 2 aromatic rings. The van der Waals surface area contributed by atoms with Gasteiger partial charge >= 0.3 is 0 Å². The first-order valence-electron chi connectivity index (χ1n) is 12.6. The number of nitrogens with one attached hydrogen (secondary N) is 2. The fraction of sp³-hybridized carbons (Fsp3) is 0.571. The molecule has 2 N–H and O–H groups in total. The summed E-state index contributed by atoms with van der Waals surface area (Å²) in [6, 6.07) is 10.5. The van der Waals surface area contributed by atoms with Crippen LogP contribution < -0.4 is 10.6 Å². The number of nitroso groups, excluding NO2 is 1. The van der Waals surface area contributed by atoms with E-state index in [0.29, 0.717) is 37.2 Å². The number of rotatable bonds is 10. The lowest BCUT2D eigenvalue weighted by Crippen LogP contribution is -2.47. The predicted octanol–water partition coefficient (Wildman–Crippen LogP) is 7.21. The summed E-state index contributed by atoms with van der Waals surface area (Å²) in [7, 11) is 0. The summed E-state index contributed by atoms with van der Waals surface area (Å²) < 4.78 is 28.1. The highest BCUT2D eigenvalue weighted by Gasteiger charge is 2.34. The van der Waals surface area contributed by atoms with Crippen LogP contribution >= 0.6 is 0 Å². The molecular weight excluding hydrogens is 432 g/mol. The molecule has 0 aromatic heterocycles. The highest BCUT2D eigenvalue weighted by Crippen LogP contribution is 2.39. The predicted molar refractivity (Wildman–Crippen MR) is 136 cm³/mol. The van der Waals surface area contributed by atoms with E-state index in [9.17, 15) is 13.7 Å². The van der Waals surface area contributed by atoms with Gasteiger partial charge in [0.05, 0.1) is 5.69 Å². The molecule has 1 saturated carbocycles. The molecule has 1 aliphatic rings. The molecule has 2 aromatic carbocycles. The van der Waals surface area contributed by atoms with Crippen molar-refractivity contribution in [3.05, 3.63) is 69.6 Å². The smallest absolute Gasteiger partial charge is 0.149 e. The normalized spacial score (nSPS) is 16.8. The Bertz CT molecular complexity index is 965. The topological polar surface area (TPSA) is 53.5 Å². The molecule has 4 nitrogen and oxygen atoms in total. The summed E-state index contributed by atoms with van der Waals surface area (Å²) in [5.41, 5.74) is 3.30. The molecule has 0 heterocycles. The highest BCUT2D eigenvalue weighted by atomic mass is 19.1. The summed E-state index contributed by atoms with van der Waals surface area (Å²) in [6.45, 7) is 9.49. The first kappa shape index (κ1) is 26.3. The second-order valence-electron chi connectivity index (χ2n) is 10.6. The minimum atomic E-state index is -0.609. The van der Waals surface area contributed by atoms with Crippen molar-refractivity contribution in [3.8, 4) is 0 Å². The van der Waals surface area contributed by atoms with Gasteiger partial charge in [-0.25, -0.2) is 8.78 Å². The summed E-state index contributed by atoms with van der Waals surface area (Å²) >= 11 is 0. The van der Waals surface area contributed by atoms with Crippen molar-refractivity contribution in [2.45, 2.75) is 89.6 Å². The van der Waals surface area contributed by atoms with E-state index < -0.39 is 17.7 Å². The van der Waals surface area contributed by atoms with Crippen LogP contribution in [0.1, 0.15) is 82.9 Å². The third-order valence-corrected chi connectivity index (χ3v) is 7.05. The Morgan fingerprint density at radius 2 is 1.82 bits per heavy atom. The number of hydrogen-bond donors (Lipinski definition) is 2. The largest absolute Gasteiger partial charge is 0.383 e. The summed E-state index contributed by atoms with van der Waals surface area (Å²) in [6.07, 6.45) is 6.34. The third kappa shape index (κ3) is 6.41. The van der Waals surface area contributed by atoms with Gasteiger partial charge < -0.3 is 10.6 Å². The standard InChI is InChI=1S/C28H39F2N3O/c1-5-31-26-20(16-23(29)18-25(26)30)12-13-24(33-34)19-32-28(14-7-6-8-15-28)22-11-9-10-21(17-22)27(2,3)4/h9-11,16-18,24,31-32H,5-8,12-15,19H2,1-4H3. The van der Waals surface area contributed by atoms with E-state index in [0.717, 1.165) is 31.7 Å². The molecule has 0 aliphatic heterocycles. The van der Waals surface area contributed by atoms with Gasteiger partial charge in [-0.05, 0) is 60.8 Å². The molecule has 0 spiro atoms. The Kier molecular flexibility index (Phi) is 8.80. The summed E-state index contributed by atoms with van der Waals surface area (Å²) in [4.78, 5) is 11.7. The van der Waals surface area contributed by atoms with Gasteiger partial charge in [0.2, 0.25) is 0 Å². The molecule has 1 atom stereocenters. The van der Waals surface area contributed by atoms with E-state index in [1.807, 2.05) is 6.92 Å². The quantitative estimate of drug-likeness (QED) is 0.360. The zero-order valence-corrected chi connectivity index (χ0v) is 21.0. The number of benzene rings is 2. The van der Waals surface area contributed by atoms with Gasteiger partial charge in [0, 0.05) is 24.7 Å². The van der Waals surface area contributed by atoms with Crippen molar-refractivity contribution < 1.29 is 8.78 Å². The molecule has 1 unspecified atom stereocenters. The molecule has 0 bridgehead atoms. The average molecular weight is 472 g/mol. The van der Waals surface area contributed by atoms with Gasteiger partial charge in [0.15, 0.2) is 0 Å². The minimum absolute atomic E-state index is 0.0587. The maximum Gasteiger partial charge on any atom is 0.149 e. The van der Waals surface area contributed by atoms with Gasteiger partial charge in [0.25, 0.3) is 0 Å². The number of halogens is 2. The number of aryl methyl sites for hydroxylation is 1. The number of hydrogen-bond acceptors (Lipinski definition) is 4. The second kappa shape index (κ2) is 11.4. The van der Waals surface area contributed by atoms with Crippen molar-refractivity contribution in [1.29, 1.82) is 0 Å². The van der Waals surface area contributed by atoms with Crippen LogP contribution in [0.2, 0.25) is 0 Å². The Morgan fingerprint density at radius 1 is 1.09 bits per heavy atom. The van der Waals surface area contributed by atoms with E-state index in [1.54, 1.807) is 0 Å². The van der Waals surface area contributed by atoms with Crippen LogP contribution in [-0.2, 0) is 17.4 Å². The first-order chi connectivity index (χ1) is 16.2. The maximum absolute atomic E-state index is 14.2. The SMILES string of the molecule is CCNc1c(F)cc(F)cc1CCC(CNC1(c2cccc(C(C)(C)C)c2)CCCCC1)N=O. The van der Waals surface area contributed by atoms with Crippen molar-refractivity contribution in [1.82, 2.24) is 5.32 Å². The van der Waals surface area contributed by atoms with Crippen LogP contribution in [0.3, 0.4) is 0 Å². The van der Waals surface area contributed by atoms with Crippen molar-refractivity contribution in [2.24, 2.45) is 5.18 Å². The fourth-order valence-electron chi connectivity index (χ4n) is 5.03. The van der Waals surface area contributed by atoms with Gasteiger partial charge in [0.1, 0.15) is 17.7 Å². The van der Waals surface area contributed by atoms with E-state index in [1.165, 1.54) is 23.6 Å². The lowest BCUT2D eigenvalue weighted by molar-refractivity contribution is 0.228. The number of nitrogens with zero attached hydrogens (tertiary/aromatic N) is 1. The monoisotopic (exact) mass is 471 g/mol. The van der Waals surface area contributed by atoms with Crippen LogP contribution in [0.15, 0.2) is 41.6 Å². The van der Waals surface area contributed by atoms with Crippen molar-refractivity contribution in [2.75, 3.05) is 18.4 Å². The molecule has 1 fully saturated rings. The van der Waals surface area contributed by atoms with E-state index >= 15 is 0 Å². The summed E-state index contributed by atoms with van der Waals surface area (Å²) in [5, 5.41) is 10.1. The minimum Gasteiger partial charge on any atom is -0.383 e. The fourth-order valence-corrected chi connectivity index (χ4v) is 5.03. The molecule has 0 saturated heterocycles. The van der Waals surface area contributed by atoms with Gasteiger partial charge in [-0.15, -0.1) is 0 Å². The van der Waals surface area contributed by atoms with E-state index in [-0.39, 0.29) is 11.0 Å². The molecule has 186 valence electrons. The lowest BCUT2D eigenvalue weighted by atomic mass is 9.74. The molecule has 0 radical (unpaired) electrons. The zero-order valence-electron chi connectivity index (χ0n) is 21.0.